The number of aliphatic hydroxyl groups excluding tert-OH is 3. The second-order valence-corrected chi connectivity index (χ2v) is 18.1. The summed E-state index contributed by atoms with van der Waals surface area (Å²) in [7, 11) is 0. The lowest BCUT2D eigenvalue weighted by molar-refractivity contribution is -0.231. The van der Waals surface area contributed by atoms with Crippen molar-refractivity contribution in [2.45, 2.75) is 250 Å². The Labute approximate surface area is 381 Å². The van der Waals surface area contributed by atoms with Crippen molar-refractivity contribution >= 4 is 23.7 Å². The summed E-state index contributed by atoms with van der Waals surface area (Å²) in [5.41, 5.74) is 0.780. The topological polar surface area (TPSA) is 186 Å². The summed E-state index contributed by atoms with van der Waals surface area (Å²) in [5, 5.41) is 47.5. The van der Waals surface area contributed by atoms with Gasteiger partial charge in [-0.05, 0) is 31.2 Å². The van der Waals surface area contributed by atoms with E-state index in [4.69, 9.17) is 9.84 Å². The van der Waals surface area contributed by atoms with Crippen LogP contribution in [-0.2, 0) is 30.3 Å². The second-order valence-electron chi connectivity index (χ2n) is 18.1. The van der Waals surface area contributed by atoms with Gasteiger partial charge in [-0.2, -0.15) is 0 Å². The summed E-state index contributed by atoms with van der Waals surface area (Å²) in [6, 6.07) is 6.84. The van der Waals surface area contributed by atoms with Crippen LogP contribution in [0, 0.1) is 0 Å². The van der Waals surface area contributed by atoms with Crippen molar-refractivity contribution in [3.05, 3.63) is 35.9 Å². The molecule has 1 aromatic carbocycles. The highest BCUT2D eigenvalue weighted by Gasteiger charge is 2.48. The molecule has 12 nitrogen and oxygen atoms in total. The first-order chi connectivity index (χ1) is 30.6. The van der Waals surface area contributed by atoms with Crippen LogP contribution >= 0.6 is 0 Å². The van der Waals surface area contributed by atoms with Crippen LogP contribution in [0.2, 0.25) is 0 Å². The van der Waals surface area contributed by atoms with Gasteiger partial charge in [-0.1, -0.05) is 192 Å². The van der Waals surface area contributed by atoms with E-state index in [2.05, 4.69) is 24.5 Å². The number of nitrogens with one attached hydrogen (secondary N) is 2. The first-order valence-electron chi connectivity index (χ1n) is 25.4. The van der Waals surface area contributed by atoms with Crippen molar-refractivity contribution in [3.8, 4) is 0 Å². The molecule has 1 aliphatic heterocycles. The fraction of sp³-hybridized carbons (Fsp3) is 0.804. The van der Waals surface area contributed by atoms with Crippen molar-refractivity contribution in [2.24, 2.45) is 0 Å². The van der Waals surface area contributed by atoms with Crippen LogP contribution in [0.4, 0.5) is 0 Å². The Hall–Kier alpha value is -3.06. The highest BCUT2D eigenvalue weighted by molar-refractivity contribution is 5.88. The van der Waals surface area contributed by atoms with Crippen LogP contribution in [0.15, 0.2) is 30.3 Å². The minimum absolute atomic E-state index is 0.0287. The zero-order chi connectivity index (χ0) is 45.9. The number of aliphatic hydroxyl groups is 3. The van der Waals surface area contributed by atoms with Gasteiger partial charge in [0.2, 0.25) is 17.7 Å². The Balaban J connectivity index is 2.12. The Morgan fingerprint density at radius 2 is 1.08 bits per heavy atom. The minimum atomic E-state index is -1.58. The van der Waals surface area contributed by atoms with E-state index in [9.17, 15) is 34.5 Å². The fourth-order valence-corrected chi connectivity index (χ4v) is 8.63. The number of hydrogen-bond acceptors (Lipinski definition) is 8. The molecule has 0 unspecified atom stereocenters. The standard InChI is InChI=1S/C51H89N3O9/c1-3-5-7-9-11-13-15-16-17-18-19-20-22-24-29-36-45(57)54(38-32-25-23-21-14-12-10-8-6-4-2)51-47(49(61)48(60)43(40-55)63-51)53-50(62)42(39-41-33-27-26-28-34-41)52-44(56)35-30-31-37-46(58)59/h26-28,33-34,42-43,47-49,51,55,60-61H,3-25,29-32,35-40H2,1-2H3,(H,52,56)(H,53,62)(H,58,59)/t42-,43+,47+,48+,49+,51+/m0/s1. The quantitative estimate of drug-likeness (QED) is 0.0351. The molecule has 0 bridgehead atoms. The average molecular weight is 888 g/mol. The number of carboxylic acids is 1. The zero-order valence-electron chi connectivity index (χ0n) is 39.5. The molecule has 0 saturated carbocycles. The summed E-state index contributed by atoms with van der Waals surface area (Å²) >= 11 is 0. The molecule has 2 rings (SSSR count). The van der Waals surface area contributed by atoms with Gasteiger partial charge in [-0.25, -0.2) is 0 Å². The molecule has 6 N–H and O–H groups in total. The maximum Gasteiger partial charge on any atom is 0.303 e. The van der Waals surface area contributed by atoms with E-state index in [0.717, 1.165) is 44.1 Å². The summed E-state index contributed by atoms with van der Waals surface area (Å²) in [6.07, 6.45) is 24.9. The largest absolute Gasteiger partial charge is 0.481 e. The molecule has 1 fully saturated rings. The number of nitrogens with zero attached hydrogens (tertiary/aromatic N) is 1. The molecule has 12 heteroatoms. The molecule has 1 heterocycles. The van der Waals surface area contributed by atoms with Crippen LogP contribution in [0.3, 0.4) is 0 Å². The van der Waals surface area contributed by atoms with Gasteiger partial charge in [-0.15, -0.1) is 0 Å². The Morgan fingerprint density at radius 1 is 0.619 bits per heavy atom. The number of benzene rings is 1. The third-order valence-electron chi connectivity index (χ3n) is 12.6. The van der Waals surface area contributed by atoms with E-state index in [-0.39, 0.29) is 31.6 Å². The van der Waals surface area contributed by atoms with Gasteiger partial charge < -0.3 is 40.7 Å². The lowest BCUT2D eigenvalue weighted by Crippen LogP contribution is -2.70. The lowest BCUT2D eigenvalue weighted by Gasteiger charge is -2.47. The molecule has 0 aliphatic carbocycles. The van der Waals surface area contributed by atoms with Crippen LogP contribution in [0.1, 0.15) is 212 Å². The van der Waals surface area contributed by atoms with E-state index in [1.54, 1.807) is 4.90 Å². The zero-order valence-corrected chi connectivity index (χ0v) is 39.5. The molecule has 1 aromatic rings. The molecular formula is C51H89N3O9. The van der Waals surface area contributed by atoms with Gasteiger partial charge in [0.1, 0.15) is 30.4 Å². The van der Waals surface area contributed by atoms with Gasteiger partial charge in [0, 0.05) is 32.2 Å². The van der Waals surface area contributed by atoms with Crippen LogP contribution < -0.4 is 10.6 Å². The number of carbonyl (C=O) groups is 4. The van der Waals surface area contributed by atoms with Gasteiger partial charge in [0.05, 0.1) is 6.61 Å². The summed E-state index contributed by atoms with van der Waals surface area (Å²) < 4.78 is 6.25. The summed E-state index contributed by atoms with van der Waals surface area (Å²) in [4.78, 5) is 54.0. The van der Waals surface area contributed by atoms with Gasteiger partial charge in [-0.3, -0.25) is 19.2 Å². The molecular weight excluding hydrogens is 799 g/mol. The normalized spacial score (nSPS) is 19.1. The molecule has 1 aliphatic rings. The average Bonchev–Trinajstić information content (AvgIpc) is 3.27. The highest BCUT2D eigenvalue weighted by Crippen LogP contribution is 2.26. The third kappa shape index (κ3) is 25.3. The van der Waals surface area contributed by atoms with Crippen LogP contribution in [0.25, 0.3) is 0 Å². The van der Waals surface area contributed by atoms with E-state index >= 15 is 0 Å². The molecule has 362 valence electrons. The monoisotopic (exact) mass is 888 g/mol. The Bertz CT molecular complexity index is 1330. The van der Waals surface area contributed by atoms with Crippen molar-refractivity contribution in [3.63, 3.8) is 0 Å². The smallest absolute Gasteiger partial charge is 0.303 e. The van der Waals surface area contributed by atoms with Crippen molar-refractivity contribution in [1.29, 1.82) is 0 Å². The van der Waals surface area contributed by atoms with Crippen molar-refractivity contribution in [2.75, 3.05) is 13.2 Å². The number of unbranched alkanes of at least 4 members (excludes halogenated alkanes) is 24. The van der Waals surface area contributed by atoms with E-state index in [1.807, 2.05) is 30.3 Å². The summed E-state index contributed by atoms with van der Waals surface area (Å²) in [5.74, 6) is -2.16. The van der Waals surface area contributed by atoms with Gasteiger partial charge >= 0.3 is 5.97 Å². The first-order valence-corrected chi connectivity index (χ1v) is 25.4. The maximum absolute atomic E-state index is 14.2. The predicted molar refractivity (Wildman–Crippen MR) is 251 cm³/mol. The lowest BCUT2D eigenvalue weighted by atomic mass is 9.94. The van der Waals surface area contributed by atoms with Crippen LogP contribution in [0.5, 0.6) is 0 Å². The van der Waals surface area contributed by atoms with Crippen molar-refractivity contribution in [1.82, 2.24) is 15.5 Å². The predicted octanol–water partition coefficient (Wildman–Crippen LogP) is 9.29. The minimum Gasteiger partial charge on any atom is -0.481 e. The molecule has 0 radical (unpaired) electrons. The molecule has 0 spiro atoms. The Kier molecular flexibility index (Phi) is 32.2. The summed E-state index contributed by atoms with van der Waals surface area (Å²) in [6.45, 7) is 4.20. The van der Waals surface area contributed by atoms with Crippen LogP contribution in [-0.4, -0.2) is 98.8 Å². The number of carbonyl (C=O) groups excluding carboxylic acids is 3. The molecule has 3 amide bonds. The van der Waals surface area contributed by atoms with Gasteiger partial charge in [0.25, 0.3) is 0 Å². The fourth-order valence-electron chi connectivity index (χ4n) is 8.63. The highest BCUT2D eigenvalue weighted by atomic mass is 16.5. The Morgan fingerprint density at radius 3 is 1.57 bits per heavy atom. The number of hydrogen-bond donors (Lipinski definition) is 6. The number of aliphatic carboxylic acids is 1. The second kappa shape index (κ2) is 36.2. The first kappa shape index (κ1) is 56.1. The molecule has 6 atom stereocenters. The van der Waals surface area contributed by atoms with Crippen molar-refractivity contribution < 1.29 is 44.3 Å². The molecule has 0 aromatic heterocycles. The SMILES string of the molecule is CCCCCCCCCCCCCCCCCC(=O)N(CCCCCCCCCCCC)[C@@H]1O[C@H](CO)[C@@H](O)[C@H](O)[C@H]1NC(=O)[C@H](Cc1ccccc1)NC(=O)CCCCC(=O)O. The molecule has 63 heavy (non-hydrogen) atoms. The van der Waals surface area contributed by atoms with E-state index in [0.29, 0.717) is 32.2 Å². The number of ether oxygens (including phenoxy) is 1. The van der Waals surface area contributed by atoms with E-state index in [1.165, 1.54) is 109 Å². The van der Waals surface area contributed by atoms with E-state index < -0.39 is 61.0 Å². The number of amides is 3. The maximum atomic E-state index is 14.2. The third-order valence-corrected chi connectivity index (χ3v) is 12.6. The number of rotatable bonds is 39. The van der Waals surface area contributed by atoms with Gasteiger partial charge in [0.15, 0.2) is 6.23 Å². The molecule has 1 saturated heterocycles. The number of carboxylic acid groups (broad SMARTS) is 1.